The fourth-order valence-corrected chi connectivity index (χ4v) is 3.24. The second kappa shape index (κ2) is 7.62. The molecule has 3 rings (SSSR count). The van der Waals surface area contributed by atoms with Gasteiger partial charge in [-0.15, -0.1) is 0 Å². The van der Waals surface area contributed by atoms with Crippen molar-refractivity contribution in [3.8, 4) is 5.69 Å². The third-order valence-corrected chi connectivity index (χ3v) is 4.93. The normalized spacial score (nSPS) is 10.7. The molecular formula is C23H24N2O2. The Labute approximate surface area is 159 Å². The van der Waals surface area contributed by atoms with Crippen LogP contribution < -0.4 is 5.32 Å². The van der Waals surface area contributed by atoms with E-state index in [-0.39, 0.29) is 0 Å². The average molecular weight is 360 g/mol. The minimum atomic E-state index is -0.584. The standard InChI is InChI=1S/C23H24N2O2/c1-15-10-11-20(12-16(15)2)25-17(3)13-21(18(25)4)22(26)23(27)24-14-19-8-6-5-7-9-19/h5-13H,14H2,1-4H3,(H,24,27). The van der Waals surface area contributed by atoms with E-state index in [2.05, 4.69) is 31.3 Å². The Kier molecular flexibility index (Phi) is 5.26. The van der Waals surface area contributed by atoms with E-state index in [9.17, 15) is 9.59 Å². The van der Waals surface area contributed by atoms with Crippen molar-refractivity contribution in [2.24, 2.45) is 0 Å². The van der Waals surface area contributed by atoms with Crippen LogP contribution >= 0.6 is 0 Å². The molecule has 1 aromatic heterocycles. The van der Waals surface area contributed by atoms with Gasteiger partial charge in [-0.05, 0) is 62.6 Å². The molecule has 0 bridgehead atoms. The monoisotopic (exact) mass is 360 g/mol. The maximum absolute atomic E-state index is 12.7. The Bertz CT molecular complexity index is 1000. The smallest absolute Gasteiger partial charge is 0.292 e. The third kappa shape index (κ3) is 3.85. The SMILES string of the molecule is Cc1ccc(-n2c(C)cc(C(=O)C(=O)NCc3ccccc3)c2C)cc1C. The molecule has 0 fully saturated rings. The van der Waals surface area contributed by atoms with Crippen molar-refractivity contribution in [2.75, 3.05) is 0 Å². The number of hydrogen-bond acceptors (Lipinski definition) is 2. The largest absolute Gasteiger partial charge is 0.345 e. The Morgan fingerprint density at radius 3 is 2.26 bits per heavy atom. The number of carbonyl (C=O) groups excluding carboxylic acids is 2. The number of amides is 1. The molecule has 27 heavy (non-hydrogen) atoms. The summed E-state index contributed by atoms with van der Waals surface area (Å²) in [5.41, 5.74) is 6.50. The third-order valence-electron chi connectivity index (χ3n) is 4.93. The molecule has 0 aliphatic rings. The van der Waals surface area contributed by atoms with E-state index in [1.807, 2.05) is 54.8 Å². The van der Waals surface area contributed by atoms with Crippen molar-refractivity contribution in [1.82, 2.24) is 9.88 Å². The number of nitrogens with one attached hydrogen (secondary N) is 1. The number of Topliss-reactive ketones (excluding diaryl/α,β-unsaturated/α-hetero) is 1. The molecule has 0 aliphatic carbocycles. The van der Waals surface area contributed by atoms with Gasteiger partial charge in [0.1, 0.15) is 0 Å². The first-order valence-electron chi connectivity index (χ1n) is 9.01. The first-order valence-corrected chi connectivity index (χ1v) is 9.01. The van der Waals surface area contributed by atoms with Gasteiger partial charge in [0.15, 0.2) is 0 Å². The van der Waals surface area contributed by atoms with Gasteiger partial charge in [0, 0.05) is 29.2 Å². The van der Waals surface area contributed by atoms with E-state index in [0.717, 1.165) is 22.6 Å². The number of ketones is 1. The summed E-state index contributed by atoms with van der Waals surface area (Å²) >= 11 is 0. The zero-order chi connectivity index (χ0) is 19.6. The van der Waals surface area contributed by atoms with Gasteiger partial charge in [-0.1, -0.05) is 36.4 Å². The highest BCUT2D eigenvalue weighted by atomic mass is 16.2. The lowest BCUT2D eigenvalue weighted by atomic mass is 10.1. The lowest BCUT2D eigenvalue weighted by Gasteiger charge is -2.12. The van der Waals surface area contributed by atoms with E-state index in [1.54, 1.807) is 6.07 Å². The Balaban J connectivity index is 1.83. The predicted octanol–water partition coefficient (Wildman–Crippen LogP) is 4.21. The molecule has 4 nitrogen and oxygen atoms in total. The fraction of sp³-hybridized carbons (Fsp3) is 0.217. The molecule has 0 saturated heterocycles. The van der Waals surface area contributed by atoms with Gasteiger partial charge in [0.25, 0.3) is 11.7 Å². The lowest BCUT2D eigenvalue weighted by Crippen LogP contribution is -2.30. The Hall–Kier alpha value is -3.14. The van der Waals surface area contributed by atoms with Crippen molar-refractivity contribution in [1.29, 1.82) is 0 Å². The molecule has 4 heteroatoms. The maximum atomic E-state index is 12.7. The summed E-state index contributed by atoms with van der Waals surface area (Å²) in [6.07, 6.45) is 0. The first kappa shape index (κ1) is 18.6. The maximum Gasteiger partial charge on any atom is 0.292 e. The molecule has 0 unspecified atom stereocenters. The van der Waals surface area contributed by atoms with E-state index < -0.39 is 11.7 Å². The minimum Gasteiger partial charge on any atom is -0.345 e. The van der Waals surface area contributed by atoms with Crippen molar-refractivity contribution >= 4 is 11.7 Å². The predicted molar refractivity (Wildman–Crippen MR) is 107 cm³/mol. The molecule has 1 heterocycles. The highest BCUT2D eigenvalue weighted by Crippen LogP contribution is 2.23. The van der Waals surface area contributed by atoms with Gasteiger partial charge in [0.2, 0.25) is 0 Å². The topological polar surface area (TPSA) is 51.1 Å². The van der Waals surface area contributed by atoms with Gasteiger partial charge in [-0.3, -0.25) is 9.59 Å². The first-order chi connectivity index (χ1) is 12.9. The number of carbonyl (C=O) groups is 2. The van der Waals surface area contributed by atoms with Gasteiger partial charge < -0.3 is 9.88 Å². The number of aryl methyl sites for hydroxylation is 3. The van der Waals surface area contributed by atoms with Crippen LogP contribution in [0.15, 0.2) is 54.6 Å². The molecule has 0 atom stereocenters. The van der Waals surface area contributed by atoms with Crippen LogP contribution in [-0.2, 0) is 11.3 Å². The van der Waals surface area contributed by atoms with Crippen LogP contribution in [-0.4, -0.2) is 16.3 Å². The Morgan fingerprint density at radius 2 is 1.59 bits per heavy atom. The van der Waals surface area contributed by atoms with Crippen LogP contribution in [0, 0.1) is 27.7 Å². The summed E-state index contributed by atoms with van der Waals surface area (Å²) < 4.78 is 2.02. The molecule has 3 aromatic rings. The van der Waals surface area contributed by atoms with Crippen molar-refractivity contribution < 1.29 is 9.59 Å². The van der Waals surface area contributed by atoms with E-state index in [1.165, 1.54) is 11.1 Å². The summed E-state index contributed by atoms with van der Waals surface area (Å²) in [6.45, 7) is 8.29. The summed E-state index contributed by atoms with van der Waals surface area (Å²) in [5, 5.41) is 2.71. The number of aromatic nitrogens is 1. The highest BCUT2D eigenvalue weighted by molar-refractivity contribution is 6.43. The van der Waals surface area contributed by atoms with E-state index in [4.69, 9.17) is 0 Å². The minimum absolute atomic E-state index is 0.335. The molecule has 2 aromatic carbocycles. The van der Waals surface area contributed by atoms with Gasteiger partial charge in [0.05, 0.1) is 0 Å². The molecule has 0 spiro atoms. The second-order valence-electron chi connectivity index (χ2n) is 6.89. The van der Waals surface area contributed by atoms with Crippen LogP contribution in [0.5, 0.6) is 0 Å². The lowest BCUT2D eigenvalue weighted by molar-refractivity contribution is -0.117. The van der Waals surface area contributed by atoms with Crippen LogP contribution in [0.1, 0.15) is 38.4 Å². The zero-order valence-corrected chi connectivity index (χ0v) is 16.2. The van der Waals surface area contributed by atoms with Crippen LogP contribution in [0.4, 0.5) is 0 Å². The second-order valence-corrected chi connectivity index (χ2v) is 6.89. The molecule has 0 radical (unpaired) electrons. The van der Waals surface area contributed by atoms with Crippen molar-refractivity contribution in [2.45, 2.75) is 34.2 Å². The molecule has 1 amide bonds. The highest BCUT2D eigenvalue weighted by Gasteiger charge is 2.22. The number of nitrogens with zero attached hydrogens (tertiary/aromatic N) is 1. The molecule has 138 valence electrons. The average Bonchev–Trinajstić information content (AvgIpc) is 2.96. The number of rotatable bonds is 5. The van der Waals surface area contributed by atoms with Crippen LogP contribution in [0.2, 0.25) is 0 Å². The Morgan fingerprint density at radius 1 is 0.889 bits per heavy atom. The zero-order valence-electron chi connectivity index (χ0n) is 16.2. The number of hydrogen-bond donors (Lipinski definition) is 1. The fourth-order valence-electron chi connectivity index (χ4n) is 3.24. The molecule has 0 aliphatic heterocycles. The van der Waals surface area contributed by atoms with Crippen molar-refractivity contribution in [3.05, 3.63) is 88.2 Å². The van der Waals surface area contributed by atoms with Gasteiger partial charge in [-0.2, -0.15) is 0 Å². The quantitative estimate of drug-likeness (QED) is 0.547. The van der Waals surface area contributed by atoms with Gasteiger partial charge in [-0.25, -0.2) is 0 Å². The summed E-state index contributed by atoms with van der Waals surface area (Å²) in [5.74, 6) is -1.09. The van der Waals surface area contributed by atoms with E-state index in [0.29, 0.717) is 12.1 Å². The molecule has 1 N–H and O–H groups in total. The van der Waals surface area contributed by atoms with Gasteiger partial charge >= 0.3 is 0 Å². The van der Waals surface area contributed by atoms with E-state index >= 15 is 0 Å². The van der Waals surface area contributed by atoms with Crippen molar-refractivity contribution in [3.63, 3.8) is 0 Å². The number of benzene rings is 2. The summed E-state index contributed by atoms with van der Waals surface area (Å²) in [6, 6.07) is 17.5. The summed E-state index contributed by atoms with van der Waals surface area (Å²) in [7, 11) is 0. The van der Waals surface area contributed by atoms with Crippen LogP contribution in [0.25, 0.3) is 5.69 Å². The molecular weight excluding hydrogens is 336 g/mol. The van der Waals surface area contributed by atoms with Crippen LogP contribution in [0.3, 0.4) is 0 Å². The summed E-state index contributed by atoms with van der Waals surface area (Å²) in [4.78, 5) is 25.0. The molecule has 0 saturated carbocycles.